The molecule has 0 spiro atoms. The molecule has 0 aliphatic carbocycles. The molecule has 2 amide bonds. The SMILES string of the molecule is CNC(=O)CN(C)C(=O)c1cc([N+](=O)[O-])cc(C)c1F. The number of rotatable bonds is 4. The maximum atomic E-state index is 13.9. The normalized spacial score (nSPS) is 10.0. The van der Waals surface area contributed by atoms with Gasteiger partial charge in [-0.15, -0.1) is 0 Å². The van der Waals surface area contributed by atoms with Gasteiger partial charge >= 0.3 is 0 Å². The first kappa shape index (κ1) is 15.5. The van der Waals surface area contributed by atoms with Crippen molar-refractivity contribution in [2.24, 2.45) is 0 Å². The van der Waals surface area contributed by atoms with Crippen molar-refractivity contribution in [2.45, 2.75) is 6.92 Å². The van der Waals surface area contributed by atoms with Crippen LogP contribution in [-0.4, -0.2) is 42.3 Å². The number of carbonyl (C=O) groups is 2. The van der Waals surface area contributed by atoms with Crippen molar-refractivity contribution in [2.75, 3.05) is 20.6 Å². The zero-order chi connectivity index (χ0) is 15.4. The summed E-state index contributed by atoms with van der Waals surface area (Å²) in [6.07, 6.45) is 0. The first-order valence-electron chi connectivity index (χ1n) is 5.68. The molecule has 0 aliphatic heterocycles. The van der Waals surface area contributed by atoms with Gasteiger partial charge in [-0.05, 0) is 12.5 Å². The predicted octanol–water partition coefficient (Wildman–Crippen LogP) is 0.860. The van der Waals surface area contributed by atoms with Crippen LogP contribution in [0.4, 0.5) is 10.1 Å². The Hall–Kier alpha value is -2.51. The molecule has 0 heterocycles. The minimum Gasteiger partial charge on any atom is -0.358 e. The lowest BCUT2D eigenvalue weighted by atomic mass is 10.1. The molecule has 0 saturated carbocycles. The molecule has 108 valence electrons. The van der Waals surface area contributed by atoms with Crippen LogP contribution in [0.15, 0.2) is 12.1 Å². The lowest BCUT2D eigenvalue weighted by molar-refractivity contribution is -0.385. The van der Waals surface area contributed by atoms with Crippen molar-refractivity contribution in [3.63, 3.8) is 0 Å². The Morgan fingerprint density at radius 1 is 1.45 bits per heavy atom. The highest BCUT2D eigenvalue weighted by Gasteiger charge is 2.23. The van der Waals surface area contributed by atoms with Crippen molar-refractivity contribution >= 4 is 17.5 Å². The van der Waals surface area contributed by atoms with E-state index in [-0.39, 0.29) is 17.8 Å². The summed E-state index contributed by atoms with van der Waals surface area (Å²) in [5.41, 5.74) is -0.806. The summed E-state index contributed by atoms with van der Waals surface area (Å²) in [7, 11) is 2.71. The van der Waals surface area contributed by atoms with Crippen molar-refractivity contribution in [3.8, 4) is 0 Å². The van der Waals surface area contributed by atoms with Gasteiger partial charge in [0.1, 0.15) is 5.82 Å². The third-order valence-electron chi connectivity index (χ3n) is 2.69. The van der Waals surface area contributed by atoms with E-state index >= 15 is 0 Å². The molecule has 0 unspecified atom stereocenters. The number of amides is 2. The minimum absolute atomic E-state index is 0.00380. The summed E-state index contributed by atoms with van der Waals surface area (Å²) in [5.74, 6) is -2.05. The van der Waals surface area contributed by atoms with Gasteiger partial charge in [-0.1, -0.05) is 0 Å². The summed E-state index contributed by atoms with van der Waals surface area (Å²) in [6, 6.07) is 1.91. The van der Waals surface area contributed by atoms with E-state index in [0.717, 1.165) is 17.0 Å². The van der Waals surface area contributed by atoms with Crippen LogP contribution in [0.25, 0.3) is 0 Å². The highest BCUT2D eigenvalue weighted by Crippen LogP contribution is 2.22. The number of likely N-dealkylation sites (N-methyl/N-ethyl adjacent to an activating group) is 2. The second-order valence-electron chi connectivity index (χ2n) is 4.22. The maximum Gasteiger partial charge on any atom is 0.270 e. The Morgan fingerprint density at radius 3 is 2.55 bits per heavy atom. The van der Waals surface area contributed by atoms with Crippen LogP contribution in [0, 0.1) is 22.9 Å². The zero-order valence-corrected chi connectivity index (χ0v) is 11.3. The van der Waals surface area contributed by atoms with Crippen LogP contribution in [-0.2, 0) is 4.79 Å². The Labute approximate surface area is 114 Å². The number of hydrogen-bond acceptors (Lipinski definition) is 4. The minimum atomic E-state index is -0.829. The first-order chi connectivity index (χ1) is 9.27. The molecule has 1 aromatic carbocycles. The first-order valence-corrected chi connectivity index (χ1v) is 5.68. The van der Waals surface area contributed by atoms with Gasteiger partial charge in [0.25, 0.3) is 11.6 Å². The summed E-state index contributed by atoms with van der Waals surface area (Å²) >= 11 is 0. The van der Waals surface area contributed by atoms with E-state index in [2.05, 4.69) is 5.32 Å². The molecule has 0 aliphatic rings. The monoisotopic (exact) mass is 283 g/mol. The molecular weight excluding hydrogens is 269 g/mol. The highest BCUT2D eigenvalue weighted by molar-refractivity contribution is 5.97. The highest BCUT2D eigenvalue weighted by atomic mass is 19.1. The van der Waals surface area contributed by atoms with E-state index in [9.17, 15) is 24.1 Å². The van der Waals surface area contributed by atoms with Crippen molar-refractivity contribution in [1.82, 2.24) is 10.2 Å². The summed E-state index contributed by atoms with van der Waals surface area (Å²) < 4.78 is 13.9. The van der Waals surface area contributed by atoms with Crippen molar-refractivity contribution < 1.29 is 18.9 Å². The zero-order valence-electron chi connectivity index (χ0n) is 11.3. The van der Waals surface area contributed by atoms with E-state index < -0.39 is 28.1 Å². The number of halogens is 1. The molecule has 1 rings (SSSR count). The molecule has 0 saturated heterocycles. The second-order valence-corrected chi connectivity index (χ2v) is 4.22. The van der Waals surface area contributed by atoms with Gasteiger partial charge < -0.3 is 10.2 Å². The van der Waals surface area contributed by atoms with Gasteiger partial charge in [-0.3, -0.25) is 19.7 Å². The fourth-order valence-electron chi connectivity index (χ4n) is 1.58. The number of nitrogens with one attached hydrogen (secondary N) is 1. The van der Waals surface area contributed by atoms with Gasteiger partial charge in [0.05, 0.1) is 17.0 Å². The smallest absolute Gasteiger partial charge is 0.270 e. The maximum absolute atomic E-state index is 13.9. The number of non-ortho nitro benzene ring substituents is 1. The van der Waals surface area contributed by atoms with E-state index in [4.69, 9.17) is 0 Å². The fourth-order valence-corrected chi connectivity index (χ4v) is 1.58. The third kappa shape index (κ3) is 3.28. The Morgan fingerprint density at radius 2 is 2.05 bits per heavy atom. The number of benzene rings is 1. The van der Waals surface area contributed by atoms with Crippen LogP contribution in [0.1, 0.15) is 15.9 Å². The summed E-state index contributed by atoms with van der Waals surface area (Å²) in [6.45, 7) is 1.06. The number of hydrogen-bond donors (Lipinski definition) is 1. The molecule has 7 nitrogen and oxygen atoms in total. The van der Waals surface area contributed by atoms with Crippen LogP contribution >= 0.6 is 0 Å². The molecule has 0 atom stereocenters. The Kier molecular flexibility index (Phi) is 4.73. The topological polar surface area (TPSA) is 92.6 Å². The van der Waals surface area contributed by atoms with Crippen molar-refractivity contribution in [3.05, 3.63) is 39.2 Å². The van der Waals surface area contributed by atoms with Crippen molar-refractivity contribution in [1.29, 1.82) is 0 Å². The predicted molar refractivity (Wildman–Crippen MR) is 68.8 cm³/mol. The molecule has 0 aromatic heterocycles. The molecule has 0 bridgehead atoms. The molecule has 1 aromatic rings. The van der Waals surface area contributed by atoms with Gasteiger partial charge in [0, 0.05) is 26.2 Å². The van der Waals surface area contributed by atoms with E-state index in [1.165, 1.54) is 21.0 Å². The molecule has 1 N–H and O–H groups in total. The molecular formula is C12H14FN3O4. The number of carbonyl (C=O) groups excluding carboxylic acids is 2. The van der Waals surface area contributed by atoms with Crippen LogP contribution in [0.2, 0.25) is 0 Å². The Balaban J connectivity index is 3.15. The van der Waals surface area contributed by atoms with Gasteiger partial charge in [-0.25, -0.2) is 4.39 Å². The summed E-state index contributed by atoms with van der Waals surface area (Å²) in [5, 5.41) is 13.1. The molecule has 0 radical (unpaired) electrons. The second kappa shape index (κ2) is 6.09. The molecule has 8 heteroatoms. The number of nitro groups is 1. The number of nitro benzene ring substituents is 1. The van der Waals surface area contributed by atoms with Gasteiger partial charge in [0.15, 0.2) is 0 Å². The van der Waals surface area contributed by atoms with E-state index in [1.807, 2.05) is 0 Å². The van der Waals surface area contributed by atoms with Crippen LogP contribution < -0.4 is 5.32 Å². The number of nitrogens with zero attached hydrogens (tertiary/aromatic N) is 2. The lowest BCUT2D eigenvalue weighted by Crippen LogP contribution is -2.37. The quantitative estimate of drug-likeness (QED) is 0.655. The molecule has 20 heavy (non-hydrogen) atoms. The fraction of sp³-hybridized carbons (Fsp3) is 0.333. The van der Waals surface area contributed by atoms with E-state index in [0.29, 0.717) is 0 Å². The van der Waals surface area contributed by atoms with Gasteiger partial charge in [0.2, 0.25) is 5.91 Å². The van der Waals surface area contributed by atoms with Crippen LogP contribution in [0.5, 0.6) is 0 Å². The standard InChI is InChI=1S/C12H14FN3O4/c1-7-4-8(16(19)20)5-9(11(7)13)12(18)15(3)6-10(17)14-2/h4-5H,6H2,1-3H3,(H,14,17). The van der Waals surface area contributed by atoms with E-state index in [1.54, 1.807) is 0 Å². The average Bonchev–Trinajstić information content (AvgIpc) is 2.40. The molecule has 0 fully saturated rings. The number of aryl methyl sites for hydroxylation is 1. The third-order valence-corrected chi connectivity index (χ3v) is 2.69. The lowest BCUT2D eigenvalue weighted by Gasteiger charge is -2.16. The van der Waals surface area contributed by atoms with Crippen LogP contribution in [0.3, 0.4) is 0 Å². The Bertz CT molecular complexity index is 574. The largest absolute Gasteiger partial charge is 0.358 e. The average molecular weight is 283 g/mol. The van der Waals surface area contributed by atoms with Gasteiger partial charge in [-0.2, -0.15) is 0 Å². The summed E-state index contributed by atoms with van der Waals surface area (Å²) in [4.78, 5) is 34.2.